The van der Waals surface area contributed by atoms with Gasteiger partial charge in [-0.05, 0) is 45.0 Å². The molecule has 0 aromatic heterocycles. The number of phenolic OH excluding ortho intramolecular Hbond substituents is 1. The summed E-state index contributed by atoms with van der Waals surface area (Å²) in [5, 5.41) is 12.3. The number of hydrogen-bond acceptors (Lipinski definition) is 4. The molecule has 2 N–H and O–H groups in total. The third kappa shape index (κ3) is 3.01. The SMILES string of the molecule is CCN(c1cccc(O)c1)S(=O)(=O)C1CCNCC1. The number of nitrogens with zero attached hydrogens (tertiary/aromatic N) is 1. The number of sulfonamides is 1. The van der Waals surface area contributed by atoms with E-state index in [0.717, 1.165) is 13.1 Å². The highest BCUT2D eigenvalue weighted by atomic mass is 32.2. The Labute approximate surface area is 114 Å². The molecule has 1 fully saturated rings. The third-order valence-electron chi connectivity index (χ3n) is 3.42. The number of phenols is 1. The highest BCUT2D eigenvalue weighted by Crippen LogP contribution is 2.26. The largest absolute Gasteiger partial charge is 0.508 e. The Kier molecular flexibility index (Phi) is 4.31. The van der Waals surface area contributed by atoms with Gasteiger partial charge >= 0.3 is 0 Å². The number of anilines is 1. The van der Waals surface area contributed by atoms with Crippen LogP contribution in [-0.4, -0.2) is 38.4 Å². The minimum absolute atomic E-state index is 0.0801. The second kappa shape index (κ2) is 5.79. The number of hydrogen-bond donors (Lipinski definition) is 2. The van der Waals surface area contributed by atoms with Crippen molar-refractivity contribution in [3.8, 4) is 5.75 Å². The van der Waals surface area contributed by atoms with Gasteiger partial charge in [-0.15, -0.1) is 0 Å². The van der Waals surface area contributed by atoms with E-state index in [-0.39, 0.29) is 11.0 Å². The van der Waals surface area contributed by atoms with Crippen LogP contribution in [0.15, 0.2) is 24.3 Å². The Bertz CT molecular complexity index is 524. The highest BCUT2D eigenvalue weighted by molar-refractivity contribution is 7.93. The molecular weight excluding hydrogens is 264 g/mol. The summed E-state index contributed by atoms with van der Waals surface area (Å²) in [6, 6.07) is 6.39. The Morgan fingerprint density at radius 3 is 2.63 bits per heavy atom. The number of piperidine rings is 1. The zero-order valence-electron chi connectivity index (χ0n) is 11.0. The molecule has 0 radical (unpaired) electrons. The quantitative estimate of drug-likeness (QED) is 0.874. The first-order valence-electron chi connectivity index (χ1n) is 6.57. The van der Waals surface area contributed by atoms with Crippen molar-refractivity contribution >= 4 is 15.7 Å². The van der Waals surface area contributed by atoms with E-state index < -0.39 is 10.0 Å². The van der Waals surface area contributed by atoms with Crippen molar-refractivity contribution in [2.24, 2.45) is 0 Å². The van der Waals surface area contributed by atoms with Gasteiger partial charge in [-0.25, -0.2) is 8.42 Å². The van der Waals surface area contributed by atoms with Gasteiger partial charge in [0.15, 0.2) is 0 Å². The molecule has 2 rings (SSSR count). The maximum atomic E-state index is 12.6. The normalized spacial score (nSPS) is 17.3. The summed E-state index contributed by atoms with van der Waals surface area (Å²) in [5.74, 6) is 0.0801. The molecule has 0 aliphatic carbocycles. The molecule has 106 valence electrons. The summed E-state index contributed by atoms with van der Waals surface area (Å²) >= 11 is 0. The zero-order valence-corrected chi connectivity index (χ0v) is 11.9. The molecule has 5 nitrogen and oxygen atoms in total. The first-order valence-corrected chi connectivity index (χ1v) is 8.07. The number of rotatable bonds is 4. The van der Waals surface area contributed by atoms with Crippen LogP contribution < -0.4 is 9.62 Å². The summed E-state index contributed by atoms with van der Waals surface area (Å²) in [6.07, 6.45) is 1.27. The number of benzene rings is 1. The van der Waals surface area contributed by atoms with Crippen LogP contribution in [0.1, 0.15) is 19.8 Å². The van der Waals surface area contributed by atoms with Crippen LogP contribution in [0.3, 0.4) is 0 Å². The predicted octanol–water partition coefficient (Wildman–Crippen LogP) is 1.30. The molecule has 0 unspecified atom stereocenters. The van der Waals surface area contributed by atoms with Crippen molar-refractivity contribution < 1.29 is 13.5 Å². The van der Waals surface area contributed by atoms with Crippen LogP contribution in [-0.2, 0) is 10.0 Å². The molecule has 0 amide bonds. The second-order valence-electron chi connectivity index (χ2n) is 4.68. The van der Waals surface area contributed by atoms with Crippen LogP contribution in [0.2, 0.25) is 0 Å². The summed E-state index contributed by atoms with van der Waals surface area (Å²) in [7, 11) is -3.36. The fourth-order valence-corrected chi connectivity index (χ4v) is 4.39. The van der Waals surface area contributed by atoms with Crippen LogP contribution in [0, 0.1) is 0 Å². The number of nitrogens with one attached hydrogen (secondary N) is 1. The van der Waals surface area contributed by atoms with Gasteiger partial charge in [-0.3, -0.25) is 4.31 Å². The third-order valence-corrected chi connectivity index (χ3v) is 5.82. The fraction of sp³-hybridized carbons (Fsp3) is 0.538. The lowest BCUT2D eigenvalue weighted by Crippen LogP contribution is -2.44. The summed E-state index contributed by atoms with van der Waals surface area (Å²) in [4.78, 5) is 0. The average molecular weight is 284 g/mol. The van der Waals surface area contributed by atoms with E-state index in [4.69, 9.17) is 0 Å². The van der Waals surface area contributed by atoms with Crippen molar-refractivity contribution in [3.63, 3.8) is 0 Å². The van der Waals surface area contributed by atoms with Gasteiger partial charge < -0.3 is 10.4 Å². The minimum atomic E-state index is -3.36. The van der Waals surface area contributed by atoms with E-state index in [1.807, 2.05) is 6.92 Å². The van der Waals surface area contributed by atoms with Crippen molar-refractivity contribution in [2.45, 2.75) is 25.0 Å². The monoisotopic (exact) mass is 284 g/mol. The topological polar surface area (TPSA) is 69.6 Å². The lowest BCUT2D eigenvalue weighted by molar-refractivity contribution is 0.475. The fourth-order valence-electron chi connectivity index (χ4n) is 2.43. The summed E-state index contributed by atoms with van der Waals surface area (Å²) in [6.45, 7) is 3.65. The molecule has 6 heteroatoms. The molecule has 1 aromatic rings. The van der Waals surface area contributed by atoms with Gasteiger partial charge in [0.05, 0.1) is 10.9 Å². The Hall–Kier alpha value is -1.27. The van der Waals surface area contributed by atoms with E-state index in [2.05, 4.69) is 5.32 Å². The molecular formula is C13H20N2O3S. The first kappa shape index (κ1) is 14.1. The molecule has 19 heavy (non-hydrogen) atoms. The number of aromatic hydroxyl groups is 1. The maximum absolute atomic E-state index is 12.6. The lowest BCUT2D eigenvalue weighted by Gasteiger charge is -2.30. The van der Waals surface area contributed by atoms with E-state index in [1.165, 1.54) is 16.4 Å². The van der Waals surface area contributed by atoms with Gasteiger partial charge in [0.1, 0.15) is 5.75 Å². The zero-order chi connectivity index (χ0) is 13.9. The van der Waals surface area contributed by atoms with E-state index in [9.17, 15) is 13.5 Å². The Morgan fingerprint density at radius 1 is 1.37 bits per heavy atom. The van der Waals surface area contributed by atoms with Crippen LogP contribution >= 0.6 is 0 Å². The first-order chi connectivity index (χ1) is 9.05. The van der Waals surface area contributed by atoms with Crippen LogP contribution in [0.25, 0.3) is 0 Å². The smallest absolute Gasteiger partial charge is 0.238 e. The lowest BCUT2D eigenvalue weighted by atomic mass is 10.2. The molecule has 1 heterocycles. The van der Waals surface area contributed by atoms with Crippen LogP contribution in [0.4, 0.5) is 5.69 Å². The van der Waals surface area contributed by atoms with E-state index >= 15 is 0 Å². The average Bonchev–Trinajstić information content (AvgIpc) is 2.40. The predicted molar refractivity (Wildman–Crippen MR) is 75.9 cm³/mol. The molecule has 1 aliphatic rings. The maximum Gasteiger partial charge on any atom is 0.238 e. The standard InChI is InChI=1S/C13H20N2O3S/c1-2-15(11-4-3-5-12(16)10-11)19(17,18)13-6-8-14-9-7-13/h3-5,10,13-14,16H,2,6-9H2,1H3. The second-order valence-corrected chi connectivity index (χ2v) is 6.82. The molecule has 1 aromatic carbocycles. The van der Waals surface area contributed by atoms with Gasteiger partial charge in [0.2, 0.25) is 10.0 Å². The van der Waals surface area contributed by atoms with Gasteiger partial charge in [-0.2, -0.15) is 0 Å². The minimum Gasteiger partial charge on any atom is -0.508 e. The van der Waals surface area contributed by atoms with Gasteiger partial charge in [0, 0.05) is 12.6 Å². The summed E-state index contributed by atoms with van der Waals surface area (Å²) in [5.41, 5.74) is 0.529. The Morgan fingerprint density at radius 2 is 2.05 bits per heavy atom. The van der Waals surface area contributed by atoms with Crippen molar-refractivity contribution in [2.75, 3.05) is 23.9 Å². The Balaban J connectivity index is 2.30. The summed E-state index contributed by atoms with van der Waals surface area (Å²) < 4.78 is 26.7. The van der Waals surface area contributed by atoms with Crippen molar-refractivity contribution in [1.29, 1.82) is 0 Å². The van der Waals surface area contributed by atoms with E-state index in [1.54, 1.807) is 12.1 Å². The van der Waals surface area contributed by atoms with Crippen molar-refractivity contribution in [1.82, 2.24) is 5.32 Å². The molecule has 0 saturated carbocycles. The highest BCUT2D eigenvalue weighted by Gasteiger charge is 2.32. The molecule has 0 atom stereocenters. The van der Waals surface area contributed by atoms with Gasteiger partial charge in [-0.1, -0.05) is 6.07 Å². The molecule has 0 bridgehead atoms. The van der Waals surface area contributed by atoms with Gasteiger partial charge in [0.25, 0.3) is 0 Å². The van der Waals surface area contributed by atoms with Crippen molar-refractivity contribution in [3.05, 3.63) is 24.3 Å². The van der Waals surface area contributed by atoms with Crippen LogP contribution in [0.5, 0.6) is 5.75 Å². The molecule has 0 spiro atoms. The van der Waals surface area contributed by atoms with E-state index in [0.29, 0.717) is 25.1 Å². The molecule has 1 saturated heterocycles. The molecule has 1 aliphatic heterocycles.